The second kappa shape index (κ2) is 13.0. The second-order valence-electron chi connectivity index (χ2n) is 11.8. The first-order valence-corrected chi connectivity index (χ1v) is 15.7. The number of carbonyl (C=O) groups is 1. The van der Waals surface area contributed by atoms with Crippen molar-refractivity contribution in [2.24, 2.45) is 0 Å². The minimum Gasteiger partial charge on any atom is -0.276 e. The maximum Gasteiger partial charge on any atom is 0.365 e. The van der Waals surface area contributed by atoms with E-state index < -0.39 is 13.3 Å². The predicted octanol–water partition coefficient (Wildman–Crippen LogP) is 7.21. The van der Waals surface area contributed by atoms with E-state index in [0.29, 0.717) is 11.3 Å². The van der Waals surface area contributed by atoms with Crippen LogP contribution in [-0.4, -0.2) is 33.5 Å². The normalized spacial score (nSPS) is 11.3. The quantitative estimate of drug-likeness (QED) is 0.287. The van der Waals surface area contributed by atoms with Gasteiger partial charge in [0.2, 0.25) is 0 Å². The molecule has 0 aliphatic carbocycles. The number of nitrogens with zero attached hydrogens (tertiary/aromatic N) is 3. The molecule has 3 rings (SSSR count). The van der Waals surface area contributed by atoms with Crippen LogP contribution >= 0.6 is 11.6 Å². The number of rotatable bonds is 2. The molecule has 0 aliphatic rings. The Morgan fingerprint density at radius 1 is 0.829 bits per heavy atom. The van der Waals surface area contributed by atoms with Gasteiger partial charge in [0.05, 0.1) is 5.69 Å². The first-order chi connectivity index (χ1) is 15.4. The largest absolute Gasteiger partial charge is 0.365 e. The Labute approximate surface area is 217 Å². The third kappa shape index (κ3) is 12.1. The molecule has 2 aromatic carbocycles. The van der Waals surface area contributed by atoms with Crippen LogP contribution in [0.2, 0.25) is 26.2 Å². The topological polar surface area (TPSA) is 80.6 Å². The lowest BCUT2D eigenvalue weighted by molar-refractivity contribution is 0.108. The number of H-pyrrole nitrogens is 1. The number of hydrogen-bond acceptors (Lipinski definition) is 4. The van der Waals surface area contributed by atoms with Gasteiger partial charge in [-0.2, -0.15) is 4.68 Å². The lowest BCUT2D eigenvalue weighted by Gasteiger charge is -2.18. The van der Waals surface area contributed by atoms with E-state index in [-0.39, 0.29) is 23.9 Å². The van der Waals surface area contributed by atoms with Gasteiger partial charge in [-0.05, 0) is 68.3 Å². The highest BCUT2D eigenvalue weighted by atomic mass is 35.5. The average molecular weight is 519 g/mol. The molecule has 3 aromatic rings. The minimum atomic E-state index is -0.611. The van der Waals surface area contributed by atoms with Gasteiger partial charge in [-0.1, -0.05) is 99.4 Å². The molecule has 0 atom stereocenters. The van der Waals surface area contributed by atoms with Crippen LogP contribution in [0.4, 0.5) is 0 Å². The molecule has 0 saturated carbocycles. The van der Waals surface area contributed by atoms with Crippen LogP contribution in [0.25, 0.3) is 5.69 Å². The molecule has 0 bridgehead atoms. The Morgan fingerprint density at radius 3 is 1.49 bits per heavy atom. The molecule has 0 unspecified atom stereocenters. The van der Waals surface area contributed by atoms with Crippen molar-refractivity contribution in [1.29, 1.82) is 0 Å². The van der Waals surface area contributed by atoms with E-state index in [1.807, 2.05) is 36.4 Å². The Morgan fingerprint density at radius 2 is 1.20 bits per heavy atom. The molecular weight excluding hydrogens is 476 g/mol. The molecule has 6 nitrogen and oxygen atoms in total. The van der Waals surface area contributed by atoms with Crippen molar-refractivity contribution in [3.05, 3.63) is 75.7 Å². The number of hydrogen-bond donors (Lipinski definition) is 1. The number of tetrazole rings is 1. The number of aromatic nitrogens is 4. The molecular formula is C27H43ClN4O2Si. The zero-order chi connectivity index (χ0) is 26.3. The van der Waals surface area contributed by atoms with Crippen LogP contribution in [0.5, 0.6) is 0 Å². The summed E-state index contributed by atoms with van der Waals surface area (Å²) in [6, 6.07) is 15.1. The third-order valence-corrected chi connectivity index (χ3v) is 4.65. The highest BCUT2D eigenvalue weighted by Gasteiger charge is 2.14. The number of carbonyl (C=O) groups excluding carboxylic acids is 1. The summed E-state index contributed by atoms with van der Waals surface area (Å²) in [5, 5.41) is 8.98. The predicted molar refractivity (Wildman–Crippen MR) is 152 cm³/mol. The molecule has 0 radical (unpaired) electrons. The van der Waals surface area contributed by atoms with Gasteiger partial charge in [0, 0.05) is 13.6 Å². The van der Waals surface area contributed by atoms with Crippen LogP contribution in [0.15, 0.2) is 53.3 Å². The lowest BCUT2D eigenvalue weighted by atomic mass is 9.87. The van der Waals surface area contributed by atoms with Gasteiger partial charge in [0.15, 0.2) is 0 Å². The molecule has 0 saturated heterocycles. The van der Waals surface area contributed by atoms with Gasteiger partial charge in [-0.15, -0.1) is 0 Å². The number of halogens is 1. The van der Waals surface area contributed by atoms with Crippen LogP contribution in [0.3, 0.4) is 0 Å². The summed E-state index contributed by atoms with van der Waals surface area (Å²) in [7, 11) is -0.611. The van der Waals surface area contributed by atoms with Gasteiger partial charge >= 0.3 is 5.69 Å². The third-order valence-electron chi connectivity index (χ3n) is 4.43. The summed E-state index contributed by atoms with van der Waals surface area (Å²) in [5.41, 5.74) is 3.58. The standard InChI is InChI=1S/C11H13ClO.C11H14N4O.C4H12Si.CH4/c1-11(2,3)9-6-4-8(5-7-9)10(12)13;1-11(2,3)8-4-6-9(7-5-8)15-10(16)12-13-14-15;1-5(2,3)4;/h4-7H,1-3H3;4-7H,1-3H3,(H,12,14,16);1-4H3;1H4. The van der Waals surface area contributed by atoms with Crippen molar-refractivity contribution < 1.29 is 4.79 Å². The fourth-order valence-corrected chi connectivity index (χ4v) is 2.70. The van der Waals surface area contributed by atoms with E-state index in [0.717, 1.165) is 0 Å². The van der Waals surface area contributed by atoms with E-state index in [9.17, 15) is 9.59 Å². The van der Waals surface area contributed by atoms with Gasteiger partial charge in [-0.3, -0.25) is 4.79 Å². The Kier molecular flexibility index (Phi) is 12.0. The van der Waals surface area contributed by atoms with Crippen molar-refractivity contribution in [1.82, 2.24) is 20.2 Å². The van der Waals surface area contributed by atoms with Crippen LogP contribution < -0.4 is 5.69 Å². The Hall–Kier alpha value is -2.51. The summed E-state index contributed by atoms with van der Waals surface area (Å²) in [4.78, 5) is 22.1. The first-order valence-electron chi connectivity index (χ1n) is 11.3. The van der Waals surface area contributed by atoms with Gasteiger partial charge < -0.3 is 0 Å². The molecule has 1 heterocycles. The molecule has 0 aliphatic heterocycles. The zero-order valence-electron chi connectivity index (χ0n) is 22.2. The highest BCUT2D eigenvalue weighted by molar-refractivity contribution is 6.74. The average Bonchev–Trinajstić information content (AvgIpc) is 3.12. The van der Waals surface area contributed by atoms with Gasteiger partial charge in [0.1, 0.15) is 0 Å². The van der Waals surface area contributed by atoms with E-state index in [1.54, 1.807) is 12.1 Å². The Bertz CT molecular complexity index is 1090. The molecule has 194 valence electrons. The van der Waals surface area contributed by atoms with E-state index in [2.05, 4.69) is 83.3 Å². The van der Waals surface area contributed by atoms with Gasteiger partial charge in [0.25, 0.3) is 5.24 Å². The minimum absolute atomic E-state index is 0. The maximum absolute atomic E-state index is 11.3. The maximum atomic E-state index is 11.3. The first kappa shape index (κ1) is 32.5. The monoisotopic (exact) mass is 518 g/mol. The van der Waals surface area contributed by atoms with Gasteiger partial charge in [-0.25, -0.2) is 9.89 Å². The number of benzene rings is 2. The van der Waals surface area contributed by atoms with Crippen molar-refractivity contribution in [2.45, 2.75) is 86.0 Å². The lowest BCUT2D eigenvalue weighted by Crippen LogP contribution is -2.16. The number of nitrogens with one attached hydrogen (secondary N) is 1. The summed E-state index contributed by atoms with van der Waals surface area (Å²) in [5.74, 6) is 0. The van der Waals surface area contributed by atoms with Crippen LogP contribution in [0, 0.1) is 0 Å². The highest BCUT2D eigenvalue weighted by Crippen LogP contribution is 2.23. The zero-order valence-corrected chi connectivity index (χ0v) is 23.9. The molecule has 1 N–H and O–H groups in total. The fraction of sp³-hybridized carbons (Fsp3) is 0.481. The number of aromatic amines is 1. The smallest absolute Gasteiger partial charge is 0.276 e. The molecule has 8 heteroatoms. The second-order valence-corrected chi connectivity index (χ2v) is 18.2. The van der Waals surface area contributed by atoms with Crippen molar-refractivity contribution in [3.63, 3.8) is 0 Å². The molecule has 35 heavy (non-hydrogen) atoms. The molecule has 0 spiro atoms. The SMILES string of the molecule is C.CC(C)(C)c1ccc(-n2nn[nH]c2=O)cc1.CC(C)(C)c1ccc(C(=O)Cl)cc1.C[Si](C)(C)C. The Balaban J connectivity index is 0.000000550. The van der Waals surface area contributed by atoms with E-state index >= 15 is 0 Å². The van der Waals surface area contributed by atoms with Crippen molar-refractivity contribution >= 4 is 24.9 Å². The summed E-state index contributed by atoms with van der Waals surface area (Å²) in [6.07, 6.45) is 0. The van der Waals surface area contributed by atoms with E-state index in [1.165, 1.54) is 15.8 Å². The molecule has 0 fully saturated rings. The van der Waals surface area contributed by atoms with Crippen LogP contribution in [-0.2, 0) is 10.8 Å². The fourth-order valence-electron chi connectivity index (χ4n) is 2.57. The molecule has 0 amide bonds. The summed E-state index contributed by atoms with van der Waals surface area (Å²) < 4.78 is 1.23. The van der Waals surface area contributed by atoms with Crippen molar-refractivity contribution in [2.75, 3.05) is 0 Å². The molecule has 1 aromatic heterocycles. The van der Waals surface area contributed by atoms with E-state index in [4.69, 9.17) is 11.6 Å². The van der Waals surface area contributed by atoms with Crippen LogP contribution in [0.1, 0.15) is 70.5 Å². The summed E-state index contributed by atoms with van der Waals surface area (Å²) in [6.45, 7) is 22.1. The summed E-state index contributed by atoms with van der Waals surface area (Å²) >= 11 is 5.33. The van der Waals surface area contributed by atoms with Crippen molar-refractivity contribution in [3.8, 4) is 5.69 Å².